The molecule has 1 aliphatic rings. The quantitative estimate of drug-likeness (QED) is 0.737. The summed E-state index contributed by atoms with van der Waals surface area (Å²) in [6.45, 7) is 6.17. The topological polar surface area (TPSA) is 46.6 Å². The van der Waals surface area contributed by atoms with Crippen LogP contribution in [0.3, 0.4) is 0 Å². The number of benzene rings is 1. The van der Waals surface area contributed by atoms with E-state index in [1.807, 2.05) is 19.9 Å². The number of thioether (sulfide) groups is 1. The van der Waals surface area contributed by atoms with Gasteiger partial charge in [0, 0.05) is 6.54 Å². The minimum Gasteiger partial charge on any atom is -0.489 e. The molecule has 6 heteroatoms. The molecule has 22 heavy (non-hydrogen) atoms. The summed E-state index contributed by atoms with van der Waals surface area (Å²) in [6.07, 6.45) is 2.66. The lowest BCUT2D eigenvalue weighted by atomic mass is 10.2. The van der Waals surface area contributed by atoms with Crippen molar-refractivity contribution in [2.45, 2.75) is 33.3 Å². The Morgan fingerprint density at radius 2 is 2.09 bits per heavy atom. The number of amides is 2. The molecule has 2 rings (SSSR count). The molecule has 2 amide bonds. The van der Waals surface area contributed by atoms with Gasteiger partial charge < -0.3 is 4.74 Å². The molecule has 118 valence electrons. The fraction of sp³-hybridized carbons (Fsp3) is 0.375. The molecule has 0 aliphatic carbocycles. The Hall–Kier alpha value is -1.46. The molecular weight excluding hydrogens is 322 g/mol. The normalized spacial score (nSPS) is 18.2. The summed E-state index contributed by atoms with van der Waals surface area (Å²) < 4.78 is 5.70. The smallest absolute Gasteiger partial charge is 0.293 e. The van der Waals surface area contributed by atoms with Gasteiger partial charge in [0.2, 0.25) is 0 Å². The lowest BCUT2D eigenvalue weighted by Gasteiger charge is -2.14. The number of hydrogen-bond acceptors (Lipinski definition) is 4. The maximum Gasteiger partial charge on any atom is 0.293 e. The fourth-order valence-corrected chi connectivity index (χ4v) is 3.06. The molecule has 4 nitrogen and oxygen atoms in total. The van der Waals surface area contributed by atoms with Crippen molar-refractivity contribution in [1.29, 1.82) is 0 Å². The highest BCUT2D eigenvalue weighted by molar-refractivity contribution is 8.18. The number of ether oxygens (including phenoxy) is 1. The van der Waals surface area contributed by atoms with Crippen LogP contribution in [0.5, 0.6) is 5.75 Å². The van der Waals surface area contributed by atoms with Gasteiger partial charge in [0.15, 0.2) is 0 Å². The molecule has 0 N–H and O–H groups in total. The monoisotopic (exact) mass is 339 g/mol. The third-order valence-corrected chi connectivity index (χ3v) is 4.55. The second kappa shape index (κ2) is 7.20. The Labute approximate surface area is 139 Å². The number of imide groups is 1. The van der Waals surface area contributed by atoms with E-state index < -0.39 is 0 Å². The average molecular weight is 340 g/mol. The SMILES string of the molecule is CCC(C)Oc1ccc(/C=C2/SC(=O)N(CC)C2=O)cc1Cl. The van der Waals surface area contributed by atoms with Crippen LogP contribution in [0.25, 0.3) is 6.08 Å². The second-order valence-electron chi connectivity index (χ2n) is 4.95. The lowest BCUT2D eigenvalue weighted by Crippen LogP contribution is -2.27. The van der Waals surface area contributed by atoms with Gasteiger partial charge in [-0.25, -0.2) is 0 Å². The maximum atomic E-state index is 12.0. The first-order valence-electron chi connectivity index (χ1n) is 7.17. The first-order chi connectivity index (χ1) is 10.5. The van der Waals surface area contributed by atoms with Crippen molar-refractivity contribution in [1.82, 2.24) is 4.90 Å². The Bertz CT molecular complexity index is 630. The van der Waals surface area contributed by atoms with Crippen LogP contribution in [0.1, 0.15) is 32.8 Å². The highest BCUT2D eigenvalue weighted by Gasteiger charge is 2.33. The number of nitrogens with zero attached hydrogens (tertiary/aromatic N) is 1. The molecule has 1 aliphatic heterocycles. The lowest BCUT2D eigenvalue weighted by molar-refractivity contribution is -0.122. The van der Waals surface area contributed by atoms with E-state index in [4.69, 9.17) is 16.3 Å². The Balaban J connectivity index is 2.21. The van der Waals surface area contributed by atoms with E-state index in [0.717, 1.165) is 23.7 Å². The minimum absolute atomic E-state index is 0.0874. The van der Waals surface area contributed by atoms with Crippen LogP contribution in [0.2, 0.25) is 5.02 Å². The molecule has 0 spiro atoms. The highest BCUT2D eigenvalue weighted by atomic mass is 35.5. The van der Waals surface area contributed by atoms with E-state index in [-0.39, 0.29) is 17.3 Å². The molecule has 1 aromatic carbocycles. The largest absolute Gasteiger partial charge is 0.489 e. The highest BCUT2D eigenvalue weighted by Crippen LogP contribution is 2.33. The van der Waals surface area contributed by atoms with Crippen molar-refractivity contribution in [3.05, 3.63) is 33.7 Å². The first-order valence-corrected chi connectivity index (χ1v) is 8.37. The molecule has 1 fully saturated rings. The van der Waals surface area contributed by atoms with Crippen LogP contribution in [0.15, 0.2) is 23.1 Å². The van der Waals surface area contributed by atoms with Gasteiger partial charge in [0.05, 0.1) is 16.0 Å². The third kappa shape index (κ3) is 3.65. The zero-order valence-electron chi connectivity index (χ0n) is 12.8. The Morgan fingerprint density at radius 3 is 2.64 bits per heavy atom. The molecule has 1 unspecified atom stereocenters. The predicted octanol–water partition coefficient (Wildman–Crippen LogP) is 4.57. The number of carbonyl (C=O) groups is 2. The van der Waals surface area contributed by atoms with Crippen LogP contribution >= 0.6 is 23.4 Å². The zero-order valence-corrected chi connectivity index (χ0v) is 14.3. The Morgan fingerprint density at radius 1 is 1.36 bits per heavy atom. The van der Waals surface area contributed by atoms with Crippen LogP contribution in [0, 0.1) is 0 Å². The molecule has 1 saturated heterocycles. The van der Waals surface area contributed by atoms with Crippen molar-refractivity contribution in [2.75, 3.05) is 6.54 Å². The van der Waals surface area contributed by atoms with Gasteiger partial charge in [-0.05, 0) is 55.8 Å². The number of likely N-dealkylation sites (N-methyl/N-ethyl adjacent to an activating group) is 1. The standard InChI is InChI=1S/C16H18ClNO3S/c1-4-10(3)21-13-7-6-11(8-12(13)17)9-14-15(19)18(5-2)16(20)22-14/h6-10H,4-5H2,1-3H3/b14-9+. The van der Waals surface area contributed by atoms with Crippen molar-refractivity contribution in [3.63, 3.8) is 0 Å². The number of halogens is 1. The number of rotatable bonds is 5. The van der Waals surface area contributed by atoms with Gasteiger partial charge in [-0.15, -0.1) is 0 Å². The first kappa shape index (κ1) is 16.9. The summed E-state index contributed by atoms with van der Waals surface area (Å²) in [5.74, 6) is 0.364. The van der Waals surface area contributed by atoms with Gasteiger partial charge in [0.25, 0.3) is 11.1 Å². The number of carbonyl (C=O) groups excluding carboxylic acids is 2. The van der Waals surface area contributed by atoms with Crippen LogP contribution in [-0.2, 0) is 4.79 Å². The van der Waals surface area contributed by atoms with Gasteiger partial charge in [-0.1, -0.05) is 24.6 Å². The summed E-state index contributed by atoms with van der Waals surface area (Å²) in [6, 6.07) is 5.34. The van der Waals surface area contributed by atoms with Crippen molar-refractivity contribution < 1.29 is 14.3 Å². The van der Waals surface area contributed by atoms with Crippen molar-refractivity contribution in [2.24, 2.45) is 0 Å². The second-order valence-corrected chi connectivity index (χ2v) is 6.35. The summed E-state index contributed by atoms with van der Waals surface area (Å²) >= 11 is 7.16. The molecule has 1 aromatic rings. The Kier molecular flexibility index (Phi) is 5.53. The van der Waals surface area contributed by atoms with Crippen molar-refractivity contribution in [3.8, 4) is 5.75 Å². The van der Waals surface area contributed by atoms with E-state index in [0.29, 0.717) is 22.2 Å². The van der Waals surface area contributed by atoms with Crippen LogP contribution in [0.4, 0.5) is 4.79 Å². The molecule has 1 atom stereocenters. The molecule has 1 heterocycles. The maximum absolute atomic E-state index is 12.0. The summed E-state index contributed by atoms with van der Waals surface area (Å²) in [7, 11) is 0. The van der Waals surface area contributed by atoms with Crippen LogP contribution in [-0.4, -0.2) is 28.7 Å². The fourth-order valence-electron chi connectivity index (χ4n) is 1.93. The molecule has 0 saturated carbocycles. The third-order valence-electron chi connectivity index (χ3n) is 3.35. The van der Waals surface area contributed by atoms with Gasteiger partial charge >= 0.3 is 0 Å². The van der Waals surface area contributed by atoms with E-state index in [1.54, 1.807) is 25.1 Å². The number of hydrogen-bond donors (Lipinski definition) is 0. The van der Waals surface area contributed by atoms with E-state index >= 15 is 0 Å². The predicted molar refractivity (Wildman–Crippen MR) is 90.2 cm³/mol. The molecule has 0 aromatic heterocycles. The molecule has 0 bridgehead atoms. The van der Waals surface area contributed by atoms with Gasteiger partial charge in [0.1, 0.15) is 5.75 Å². The van der Waals surface area contributed by atoms with Gasteiger partial charge in [-0.2, -0.15) is 0 Å². The van der Waals surface area contributed by atoms with Crippen LogP contribution < -0.4 is 4.74 Å². The van der Waals surface area contributed by atoms with E-state index in [1.165, 1.54) is 4.90 Å². The van der Waals surface area contributed by atoms with E-state index in [2.05, 4.69) is 0 Å². The molecule has 0 radical (unpaired) electrons. The molecular formula is C16H18ClNO3S. The average Bonchev–Trinajstić information content (AvgIpc) is 2.75. The summed E-state index contributed by atoms with van der Waals surface area (Å²) in [4.78, 5) is 25.4. The summed E-state index contributed by atoms with van der Waals surface area (Å²) in [5.41, 5.74) is 0.767. The minimum atomic E-state index is -0.256. The summed E-state index contributed by atoms with van der Waals surface area (Å²) in [5, 5.41) is 0.255. The zero-order chi connectivity index (χ0) is 16.3. The van der Waals surface area contributed by atoms with E-state index in [9.17, 15) is 9.59 Å². The van der Waals surface area contributed by atoms with Crippen molar-refractivity contribution >= 4 is 40.6 Å². The van der Waals surface area contributed by atoms with Gasteiger partial charge in [-0.3, -0.25) is 14.5 Å².